The number of hydrogen-bond acceptors (Lipinski definition) is 7. The molecule has 1 fully saturated rings. The number of H-pyrrole nitrogens is 2. The fourth-order valence-electron chi connectivity index (χ4n) is 4.19. The highest BCUT2D eigenvalue weighted by molar-refractivity contribution is 7.89. The lowest BCUT2D eigenvalue weighted by Gasteiger charge is -2.21. The van der Waals surface area contributed by atoms with Gasteiger partial charge in [-0.25, -0.2) is 8.42 Å². The minimum absolute atomic E-state index is 0.185. The van der Waals surface area contributed by atoms with Crippen LogP contribution in [0, 0.1) is 13.8 Å². The van der Waals surface area contributed by atoms with E-state index in [-0.39, 0.29) is 30.7 Å². The number of benzene rings is 1. The Labute approximate surface area is 190 Å². The summed E-state index contributed by atoms with van der Waals surface area (Å²) < 4.78 is 38.5. The smallest absolute Gasteiger partial charge is 0.271 e. The molecule has 2 aliphatic heterocycles. The van der Waals surface area contributed by atoms with Gasteiger partial charge >= 0.3 is 0 Å². The van der Waals surface area contributed by atoms with E-state index in [4.69, 9.17) is 9.47 Å². The Bertz CT molecular complexity index is 1290. The largest absolute Gasteiger partial charge is 0.454 e. The first-order valence-corrected chi connectivity index (χ1v) is 12.0. The van der Waals surface area contributed by atoms with Crippen molar-refractivity contribution in [3.8, 4) is 22.8 Å². The molecule has 2 aliphatic rings. The SMILES string of the molecule is Cc1n[nH]c(C)c1S(=O)(=O)N1CCCN(C(=O)c2cc(-c3ccc4c(c3)OCO4)n[nH]2)CC1. The normalized spacial score (nSPS) is 16.7. The number of rotatable bonds is 4. The maximum Gasteiger partial charge on any atom is 0.271 e. The van der Waals surface area contributed by atoms with Gasteiger partial charge in [-0.3, -0.25) is 15.0 Å². The lowest BCUT2D eigenvalue weighted by atomic mass is 10.1. The van der Waals surface area contributed by atoms with Gasteiger partial charge in [0, 0.05) is 31.7 Å². The minimum Gasteiger partial charge on any atom is -0.454 e. The number of aromatic nitrogens is 4. The molecule has 1 amide bonds. The number of nitrogens with zero attached hydrogens (tertiary/aromatic N) is 4. The quantitative estimate of drug-likeness (QED) is 0.590. The lowest BCUT2D eigenvalue weighted by Crippen LogP contribution is -2.37. The molecule has 0 bridgehead atoms. The number of aromatic amines is 2. The Morgan fingerprint density at radius 3 is 2.61 bits per heavy atom. The van der Waals surface area contributed by atoms with E-state index in [2.05, 4.69) is 20.4 Å². The fourth-order valence-corrected chi connectivity index (χ4v) is 5.99. The van der Waals surface area contributed by atoms with Crippen molar-refractivity contribution in [2.24, 2.45) is 0 Å². The van der Waals surface area contributed by atoms with Gasteiger partial charge < -0.3 is 14.4 Å². The number of sulfonamides is 1. The molecule has 0 radical (unpaired) electrons. The standard InChI is InChI=1S/C21H24N6O5S/c1-13-20(14(2)23-22-13)33(29,30)27-7-3-6-26(8-9-27)21(28)17-11-16(24-25-17)15-4-5-18-19(10-15)32-12-31-18/h4-5,10-11H,3,6-9,12H2,1-2H3,(H,22,23)(H,24,25). The van der Waals surface area contributed by atoms with Gasteiger partial charge in [-0.1, -0.05) is 0 Å². The maximum absolute atomic E-state index is 13.2. The summed E-state index contributed by atoms with van der Waals surface area (Å²) in [5.41, 5.74) is 2.71. The molecule has 2 N–H and O–H groups in total. The number of hydrogen-bond donors (Lipinski definition) is 2. The highest BCUT2D eigenvalue weighted by atomic mass is 32.2. The van der Waals surface area contributed by atoms with Crippen molar-refractivity contribution in [3.05, 3.63) is 41.3 Å². The highest BCUT2D eigenvalue weighted by Gasteiger charge is 2.32. The summed E-state index contributed by atoms with van der Waals surface area (Å²) in [6.45, 7) is 4.82. The molecule has 5 rings (SSSR count). The maximum atomic E-state index is 13.2. The number of aryl methyl sites for hydroxylation is 2. The minimum atomic E-state index is -3.69. The number of amides is 1. The molecular formula is C21H24N6O5S. The van der Waals surface area contributed by atoms with Crippen LogP contribution in [0.5, 0.6) is 11.5 Å². The Kier molecular flexibility index (Phi) is 5.33. The molecule has 3 aromatic rings. The summed E-state index contributed by atoms with van der Waals surface area (Å²) in [7, 11) is -3.69. The average molecular weight is 473 g/mol. The zero-order chi connectivity index (χ0) is 23.2. The first-order valence-electron chi connectivity index (χ1n) is 10.6. The average Bonchev–Trinajstić information content (AvgIpc) is 3.49. The van der Waals surface area contributed by atoms with Crippen LogP contribution in [-0.2, 0) is 10.0 Å². The van der Waals surface area contributed by atoms with Crippen LogP contribution in [0.2, 0.25) is 0 Å². The van der Waals surface area contributed by atoms with E-state index < -0.39 is 10.0 Å². The van der Waals surface area contributed by atoms with Crippen molar-refractivity contribution in [1.29, 1.82) is 0 Å². The molecular weight excluding hydrogens is 448 g/mol. The second-order valence-electron chi connectivity index (χ2n) is 8.05. The van der Waals surface area contributed by atoms with Crippen molar-refractivity contribution in [2.75, 3.05) is 33.0 Å². The molecule has 33 heavy (non-hydrogen) atoms. The van der Waals surface area contributed by atoms with E-state index in [9.17, 15) is 13.2 Å². The van der Waals surface area contributed by atoms with Crippen molar-refractivity contribution in [3.63, 3.8) is 0 Å². The Hall–Kier alpha value is -3.38. The summed E-state index contributed by atoms with van der Waals surface area (Å²) in [6, 6.07) is 7.17. The van der Waals surface area contributed by atoms with Gasteiger partial charge in [-0.05, 0) is 44.5 Å². The summed E-state index contributed by atoms with van der Waals surface area (Å²) in [5.74, 6) is 1.10. The Morgan fingerprint density at radius 1 is 1.00 bits per heavy atom. The molecule has 0 atom stereocenters. The predicted octanol–water partition coefficient (Wildman–Crippen LogP) is 1.68. The van der Waals surface area contributed by atoms with Gasteiger partial charge in [0.25, 0.3) is 5.91 Å². The van der Waals surface area contributed by atoms with E-state index >= 15 is 0 Å². The van der Waals surface area contributed by atoms with E-state index in [1.807, 2.05) is 12.1 Å². The first kappa shape index (κ1) is 21.5. The predicted molar refractivity (Wildman–Crippen MR) is 117 cm³/mol. The van der Waals surface area contributed by atoms with Gasteiger partial charge in [-0.2, -0.15) is 14.5 Å². The summed E-state index contributed by atoms with van der Waals surface area (Å²) in [6.07, 6.45) is 0.532. The number of ether oxygens (including phenoxy) is 2. The molecule has 0 unspecified atom stereocenters. The van der Waals surface area contributed by atoms with Crippen LogP contribution >= 0.6 is 0 Å². The number of fused-ring (bicyclic) bond motifs is 1. The second kappa shape index (κ2) is 8.19. The topological polar surface area (TPSA) is 134 Å². The zero-order valence-electron chi connectivity index (χ0n) is 18.3. The van der Waals surface area contributed by atoms with E-state index in [0.29, 0.717) is 53.8 Å². The molecule has 174 valence electrons. The molecule has 0 spiro atoms. The molecule has 11 nitrogen and oxygen atoms in total. The van der Waals surface area contributed by atoms with Crippen LogP contribution in [-0.4, -0.2) is 76.9 Å². The van der Waals surface area contributed by atoms with Crippen LogP contribution in [0.25, 0.3) is 11.3 Å². The van der Waals surface area contributed by atoms with Crippen molar-refractivity contribution >= 4 is 15.9 Å². The third-order valence-corrected chi connectivity index (χ3v) is 8.04. The van der Waals surface area contributed by atoms with Crippen molar-refractivity contribution in [1.82, 2.24) is 29.6 Å². The molecule has 1 saturated heterocycles. The lowest BCUT2D eigenvalue weighted by molar-refractivity contribution is 0.0758. The molecule has 0 saturated carbocycles. The number of nitrogens with one attached hydrogen (secondary N) is 2. The Balaban J connectivity index is 1.30. The fraction of sp³-hybridized carbons (Fsp3) is 0.381. The Morgan fingerprint density at radius 2 is 1.82 bits per heavy atom. The van der Waals surface area contributed by atoms with Gasteiger partial charge in [0.2, 0.25) is 16.8 Å². The third-order valence-electron chi connectivity index (χ3n) is 5.88. The van der Waals surface area contributed by atoms with E-state index in [1.165, 1.54) is 4.31 Å². The monoisotopic (exact) mass is 472 g/mol. The van der Waals surface area contributed by atoms with Crippen LogP contribution in [0.1, 0.15) is 28.3 Å². The first-order chi connectivity index (χ1) is 15.8. The van der Waals surface area contributed by atoms with Gasteiger partial charge in [0.05, 0.1) is 17.1 Å². The molecule has 1 aromatic carbocycles. The van der Waals surface area contributed by atoms with Gasteiger partial charge in [0.1, 0.15) is 10.6 Å². The van der Waals surface area contributed by atoms with Crippen LogP contribution in [0.3, 0.4) is 0 Å². The summed E-state index contributed by atoms with van der Waals surface area (Å²) in [5, 5.41) is 13.8. The molecule has 0 aliphatic carbocycles. The molecule has 12 heteroatoms. The molecule has 4 heterocycles. The van der Waals surface area contributed by atoms with Gasteiger partial charge in [-0.15, -0.1) is 0 Å². The van der Waals surface area contributed by atoms with Crippen LogP contribution < -0.4 is 9.47 Å². The zero-order valence-corrected chi connectivity index (χ0v) is 19.1. The van der Waals surface area contributed by atoms with Crippen LogP contribution in [0.15, 0.2) is 29.2 Å². The number of carbonyl (C=O) groups excluding carboxylic acids is 1. The van der Waals surface area contributed by atoms with E-state index in [1.54, 1.807) is 30.9 Å². The summed E-state index contributed by atoms with van der Waals surface area (Å²) in [4.78, 5) is 15.0. The molecule has 2 aromatic heterocycles. The van der Waals surface area contributed by atoms with Crippen molar-refractivity contribution in [2.45, 2.75) is 25.2 Å². The second-order valence-corrected chi connectivity index (χ2v) is 9.92. The third kappa shape index (κ3) is 3.85. The van der Waals surface area contributed by atoms with E-state index in [0.717, 1.165) is 5.56 Å². The van der Waals surface area contributed by atoms with Gasteiger partial charge in [0.15, 0.2) is 11.5 Å². The van der Waals surface area contributed by atoms with Crippen molar-refractivity contribution < 1.29 is 22.7 Å². The van der Waals surface area contributed by atoms with Crippen LogP contribution in [0.4, 0.5) is 0 Å². The number of carbonyl (C=O) groups is 1. The highest BCUT2D eigenvalue weighted by Crippen LogP contribution is 2.35. The summed E-state index contributed by atoms with van der Waals surface area (Å²) >= 11 is 0.